The molecule has 2 rings (SSSR count). The van der Waals surface area contributed by atoms with Crippen LogP contribution in [0, 0.1) is 0 Å². The number of aromatic nitrogens is 2. The molecule has 0 saturated heterocycles. The van der Waals surface area contributed by atoms with E-state index in [4.69, 9.17) is 0 Å². The first-order valence-electron chi connectivity index (χ1n) is 5.76. The number of hydrogen-bond donors (Lipinski definition) is 1. The molecule has 1 aromatic heterocycles. The van der Waals surface area contributed by atoms with E-state index in [9.17, 15) is 5.11 Å². The van der Waals surface area contributed by atoms with Crippen LogP contribution in [-0.2, 0) is 13.5 Å². The third kappa shape index (κ3) is 2.94. The number of aryl methyl sites for hydroxylation is 1. The molecule has 17 heavy (non-hydrogen) atoms. The lowest BCUT2D eigenvalue weighted by Crippen LogP contribution is -2.23. The van der Waals surface area contributed by atoms with Gasteiger partial charge in [-0.1, -0.05) is 30.3 Å². The number of nitrogens with zero attached hydrogens (tertiary/aromatic N) is 2. The summed E-state index contributed by atoms with van der Waals surface area (Å²) in [4.78, 5) is 0. The molecule has 0 aliphatic carbocycles. The average Bonchev–Trinajstić information content (AvgIpc) is 2.59. The van der Waals surface area contributed by atoms with Gasteiger partial charge in [0.15, 0.2) is 0 Å². The van der Waals surface area contributed by atoms with Gasteiger partial charge in [-0.3, -0.25) is 4.68 Å². The van der Waals surface area contributed by atoms with Crippen LogP contribution >= 0.6 is 0 Å². The lowest BCUT2D eigenvalue weighted by Gasteiger charge is -2.16. The highest BCUT2D eigenvalue weighted by Crippen LogP contribution is 2.20. The van der Waals surface area contributed by atoms with Crippen molar-refractivity contribution in [2.75, 3.05) is 0 Å². The van der Waals surface area contributed by atoms with Gasteiger partial charge in [0, 0.05) is 24.7 Å². The van der Waals surface area contributed by atoms with E-state index < -0.39 is 5.60 Å². The quantitative estimate of drug-likeness (QED) is 0.879. The van der Waals surface area contributed by atoms with Crippen molar-refractivity contribution in [2.24, 2.45) is 7.05 Å². The van der Waals surface area contributed by atoms with Gasteiger partial charge in [0.2, 0.25) is 0 Å². The Kier molecular flexibility index (Phi) is 3.03. The molecule has 0 fully saturated rings. The molecule has 1 aromatic carbocycles. The summed E-state index contributed by atoms with van der Waals surface area (Å²) in [5.41, 5.74) is 2.38. The molecule has 0 aliphatic heterocycles. The van der Waals surface area contributed by atoms with E-state index in [-0.39, 0.29) is 0 Å². The van der Waals surface area contributed by atoms with E-state index in [2.05, 4.69) is 5.10 Å². The second-order valence-electron chi connectivity index (χ2n) is 5.00. The molecule has 0 atom stereocenters. The summed E-state index contributed by atoms with van der Waals surface area (Å²) >= 11 is 0. The van der Waals surface area contributed by atoms with Crippen molar-refractivity contribution in [1.82, 2.24) is 9.78 Å². The van der Waals surface area contributed by atoms with Crippen LogP contribution in [0.1, 0.15) is 19.5 Å². The second-order valence-corrected chi connectivity index (χ2v) is 5.00. The van der Waals surface area contributed by atoms with Crippen LogP contribution in [0.25, 0.3) is 11.3 Å². The van der Waals surface area contributed by atoms with Crippen LogP contribution in [0.4, 0.5) is 0 Å². The fourth-order valence-electron chi connectivity index (χ4n) is 1.86. The topological polar surface area (TPSA) is 38.0 Å². The summed E-state index contributed by atoms with van der Waals surface area (Å²) in [5.74, 6) is 0. The Labute approximate surface area is 102 Å². The van der Waals surface area contributed by atoms with Crippen molar-refractivity contribution >= 4 is 0 Å². The van der Waals surface area contributed by atoms with Gasteiger partial charge >= 0.3 is 0 Å². The van der Waals surface area contributed by atoms with Gasteiger partial charge in [-0.05, 0) is 19.9 Å². The summed E-state index contributed by atoms with van der Waals surface area (Å²) < 4.78 is 1.83. The van der Waals surface area contributed by atoms with E-state index in [1.165, 1.54) is 0 Å². The van der Waals surface area contributed by atoms with Crippen molar-refractivity contribution in [3.63, 3.8) is 0 Å². The molecular formula is C14H18N2O. The van der Waals surface area contributed by atoms with E-state index in [1.807, 2.05) is 62.0 Å². The minimum atomic E-state index is -0.707. The maximum atomic E-state index is 9.83. The minimum absolute atomic E-state index is 0.601. The number of rotatable bonds is 3. The molecule has 1 N–H and O–H groups in total. The zero-order valence-electron chi connectivity index (χ0n) is 10.5. The smallest absolute Gasteiger partial charge is 0.0925 e. The normalized spacial score (nSPS) is 11.8. The Morgan fingerprint density at radius 2 is 1.88 bits per heavy atom. The van der Waals surface area contributed by atoms with Crippen LogP contribution in [0.15, 0.2) is 36.4 Å². The van der Waals surface area contributed by atoms with Gasteiger partial charge in [0.05, 0.1) is 11.3 Å². The summed E-state index contributed by atoms with van der Waals surface area (Å²) in [5, 5.41) is 14.3. The van der Waals surface area contributed by atoms with Crippen molar-refractivity contribution in [1.29, 1.82) is 0 Å². The fourth-order valence-corrected chi connectivity index (χ4v) is 1.86. The Bertz CT molecular complexity index is 495. The largest absolute Gasteiger partial charge is 0.390 e. The number of benzene rings is 1. The fraction of sp³-hybridized carbons (Fsp3) is 0.357. The number of hydrogen-bond acceptors (Lipinski definition) is 2. The van der Waals surface area contributed by atoms with E-state index >= 15 is 0 Å². The van der Waals surface area contributed by atoms with Crippen LogP contribution in [-0.4, -0.2) is 20.5 Å². The minimum Gasteiger partial charge on any atom is -0.390 e. The van der Waals surface area contributed by atoms with E-state index in [0.29, 0.717) is 6.42 Å². The predicted molar refractivity (Wildman–Crippen MR) is 68.6 cm³/mol. The summed E-state index contributed by atoms with van der Waals surface area (Å²) in [6.07, 6.45) is 0.601. The Morgan fingerprint density at radius 1 is 1.24 bits per heavy atom. The molecule has 1 heterocycles. The van der Waals surface area contributed by atoms with Crippen LogP contribution < -0.4 is 0 Å². The summed E-state index contributed by atoms with van der Waals surface area (Å²) in [6, 6.07) is 12.1. The molecule has 2 aromatic rings. The van der Waals surface area contributed by atoms with Gasteiger partial charge in [-0.25, -0.2) is 0 Å². The van der Waals surface area contributed by atoms with Crippen molar-refractivity contribution in [3.05, 3.63) is 42.1 Å². The van der Waals surface area contributed by atoms with Gasteiger partial charge in [-0.2, -0.15) is 5.10 Å². The zero-order valence-corrected chi connectivity index (χ0v) is 10.5. The van der Waals surface area contributed by atoms with Crippen molar-refractivity contribution < 1.29 is 5.11 Å². The molecule has 0 aliphatic rings. The first-order valence-corrected chi connectivity index (χ1v) is 5.76. The Balaban J connectivity index is 2.31. The predicted octanol–water partition coefficient (Wildman–Crippen LogP) is 2.40. The maximum absolute atomic E-state index is 9.83. The highest BCUT2D eigenvalue weighted by Gasteiger charge is 2.17. The lowest BCUT2D eigenvalue weighted by molar-refractivity contribution is 0.0789. The molecule has 0 bridgehead atoms. The molecule has 3 nitrogen and oxygen atoms in total. The van der Waals surface area contributed by atoms with Crippen LogP contribution in [0.2, 0.25) is 0 Å². The molecule has 0 saturated carbocycles. The Hall–Kier alpha value is -1.61. The monoisotopic (exact) mass is 230 g/mol. The van der Waals surface area contributed by atoms with Gasteiger partial charge in [-0.15, -0.1) is 0 Å². The first kappa shape index (κ1) is 11.9. The van der Waals surface area contributed by atoms with Crippen molar-refractivity contribution in [2.45, 2.75) is 25.9 Å². The molecule has 3 heteroatoms. The standard InChI is InChI=1S/C14H18N2O/c1-14(2,17)10-12-9-13(15-16(12)3)11-7-5-4-6-8-11/h4-9,17H,10H2,1-3H3. The first-order chi connectivity index (χ1) is 7.96. The molecule has 0 amide bonds. The SMILES string of the molecule is Cn1nc(-c2ccccc2)cc1CC(C)(C)O. The summed E-state index contributed by atoms with van der Waals surface area (Å²) in [7, 11) is 1.91. The molecule has 0 unspecified atom stereocenters. The van der Waals surface area contributed by atoms with E-state index in [1.54, 1.807) is 0 Å². The number of aliphatic hydroxyl groups is 1. The van der Waals surface area contributed by atoms with Gasteiger partial charge in [0.25, 0.3) is 0 Å². The highest BCUT2D eigenvalue weighted by atomic mass is 16.3. The van der Waals surface area contributed by atoms with E-state index in [0.717, 1.165) is 17.0 Å². The second kappa shape index (κ2) is 4.34. The Morgan fingerprint density at radius 3 is 2.47 bits per heavy atom. The average molecular weight is 230 g/mol. The summed E-state index contributed by atoms with van der Waals surface area (Å²) in [6.45, 7) is 3.62. The zero-order chi connectivity index (χ0) is 12.5. The molecule has 90 valence electrons. The molecule has 0 spiro atoms. The van der Waals surface area contributed by atoms with Gasteiger partial charge in [0.1, 0.15) is 0 Å². The highest BCUT2D eigenvalue weighted by molar-refractivity contribution is 5.59. The lowest BCUT2D eigenvalue weighted by atomic mass is 10.0. The van der Waals surface area contributed by atoms with Crippen molar-refractivity contribution in [3.8, 4) is 11.3 Å². The molecular weight excluding hydrogens is 212 g/mol. The third-order valence-corrected chi connectivity index (χ3v) is 2.66. The third-order valence-electron chi connectivity index (χ3n) is 2.66. The molecule has 0 radical (unpaired) electrons. The van der Waals surface area contributed by atoms with Crippen LogP contribution in [0.3, 0.4) is 0 Å². The maximum Gasteiger partial charge on any atom is 0.0925 e. The van der Waals surface area contributed by atoms with Crippen LogP contribution in [0.5, 0.6) is 0 Å². The van der Waals surface area contributed by atoms with Gasteiger partial charge < -0.3 is 5.11 Å².